The number of benzene rings is 1. The summed E-state index contributed by atoms with van der Waals surface area (Å²) in [6.07, 6.45) is 10.8. The lowest BCUT2D eigenvalue weighted by Crippen LogP contribution is -1.97. The standard InChI is InChI=1S/C33H20O/c1-5-6-7-8-9-10-11-12-13-14-15-16-17-18-19-20-23-30-34-32-27-25-31(26-28-32)24-21-22-29-33(2,3)4/h21-22,24-29H,1-4H3/b24-21+,29-22+. The van der Waals surface area contributed by atoms with Gasteiger partial charge in [0.05, 0.1) is 0 Å². The number of hydrogen-bond acceptors (Lipinski definition) is 1. The van der Waals surface area contributed by atoms with Crippen LogP contribution in [0.5, 0.6) is 5.75 Å². The first kappa shape index (κ1) is 26.6. The van der Waals surface area contributed by atoms with Gasteiger partial charge in [-0.25, -0.2) is 0 Å². The minimum Gasteiger partial charge on any atom is -0.407 e. The predicted molar refractivity (Wildman–Crippen MR) is 140 cm³/mol. The molecular weight excluding hydrogens is 412 g/mol. The molecule has 1 aromatic carbocycles. The van der Waals surface area contributed by atoms with Crippen LogP contribution in [0.3, 0.4) is 0 Å². The van der Waals surface area contributed by atoms with Gasteiger partial charge in [-0.2, -0.15) is 0 Å². The molecule has 0 aliphatic heterocycles. The monoisotopic (exact) mass is 432 g/mol. The fourth-order valence-corrected chi connectivity index (χ4v) is 1.77. The molecule has 1 heteroatoms. The fourth-order valence-electron chi connectivity index (χ4n) is 1.77. The Morgan fingerprint density at radius 1 is 0.588 bits per heavy atom. The van der Waals surface area contributed by atoms with Crippen molar-refractivity contribution in [2.75, 3.05) is 0 Å². The number of hydrogen-bond donors (Lipinski definition) is 0. The van der Waals surface area contributed by atoms with Crippen molar-refractivity contribution >= 4 is 6.08 Å². The maximum atomic E-state index is 5.32. The van der Waals surface area contributed by atoms with Crippen LogP contribution in [0.2, 0.25) is 0 Å². The van der Waals surface area contributed by atoms with Crippen molar-refractivity contribution in [3.05, 3.63) is 48.1 Å². The maximum absolute atomic E-state index is 5.32. The molecule has 0 N–H and O–H groups in total. The van der Waals surface area contributed by atoms with Crippen LogP contribution < -0.4 is 4.74 Å². The minimum absolute atomic E-state index is 0.171. The van der Waals surface area contributed by atoms with Crippen LogP contribution in [0, 0.1) is 112 Å². The molecule has 0 spiro atoms. The summed E-state index contributed by atoms with van der Waals surface area (Å²) in [5.41, 5.74) is 1.24. The Balaban J connectivity index is 2.46. The topological polar surface area (TPSA) is 9.23 Å². The molecule has 34 heavy (non-hydrogen) atoms. The Bertz CT molecular complexity index is 1480. The van der Waals surface area contributed by atoms with Crippen molar-refractivity contribution in [3.8, 4) is 113 Å². The summed E-state index contributed by atoms with van der Waals surface area (Å²) in [5.74, 6) is 44.0. The van der Waals surface area contributed by atoms with Gasteiger partial charge >= 0.3 is 0 Å². The van der Waals surface area contributed by atoms with Gasteiger partial charge in [0, 0.05) is 47.4 Å². The van der Waals surface area contributed by atoms with Gasteiger partial charge < -0.3 is 4.74 Å². The molecule has 0 fully saturated rings. The van der Waals surface area contributed by atoms with Gasteiger partial charge in [0.15, 0.2) is 0 Å². The van der Waals surface area contributed by atoms with Crippen molar-refractivity contribution in [1.82, 2.24) is 0 Å². The average Bonchev–Trinajstić information content (AvgIpc) is 2.81. The van der Waals surface area contributed by atoms with E-state index in [-0.39, 0.29) is 5.41 Å². The lowest BCUT2D eigenvalue weighted by atomic mass is 9.96. The van der Waals surface area contributed by atoms with Gasteiger partial charge in [-0.1, -0.05) is 63.1 Å². The van der Waals surface area contributed by atoms with E-state index < -0.39 is 0 Å². The van der Waals surface area contributed by atoms with Crippen LogP contribution >= 0.6 is 0 Å². The van der Waals surface area contributed by atoms with Gasteiger partial charge in [-0.05, 0) is 77.4 Å². The summed E-state index contributed by atoms with van der Waals surface area (Å²) in [4.78, 5) is 0. The van der Waals surface area contributed by atoms with Crippen LogP contribution in [0.25, 0.3) is 6.08 Å². The van der Waals surface area contributed by atoms with E-state index in [0.29, 0.717) is 5.75 Å². The lowest BCUT2D eigenvalue weighted by Gasteiger charge is -2.09. The molecule has 0 unspecified atom stereocenters. The van der Waals surface area contributed by atoms with E-state index in [1.807, 2.05) is 42.5 Å². The highest BCUT2D eigenvalue weighted by Crippen LogP contribution is 2.15. The average molecular weight is 433 g/mol. The Hall–Kier alpha value is -5.46. The van der Waals surface area contributed by atoms with Crippen molar-refractivity contribution in [2.24, 2.45) is 5.41 Å². The third-order valence-electron chi connectivity index (χ3n) is 3.16. The summed E-state index contributed by atoms with van der Waals surface area (Å²) >= 11 is 0. The van der Waals surface area contributed by atoms with Crippen LogP contribution in [0.1, 0.15) is 33.3 Å². The Kier molecular flexibility index (Phi) is 13.5. The maximum Gasteiger partial charge on any atom is 0.140 e. The van der Waals surface area contributed by atoms with Gasteiger partial charge in [0.25, 0.3) is 0 Å². The zero-order chi connectivity index (χ0) is 24.7. The number of rotatable bonds is 3. The molecule has 0 aliphatic rings. The first-order chi connectivity index (χ1) is 16.5. The summed E-state index contributed by atoms with van der Waals surface area (Å²) in [5, 5.41) is 0. The molecular formula is C33H20O. The minimum atomic E-state index is 0.171. The highest BCUT2D eigenvalue weighted by Gasteiger charge is 2.01. The molecule has 0 heterocycles. The molecule has 0 aromatic heterocycles. The highest BCUT2D eigenvalue weighted by atomic mass is 16.5. The zero-order valence-corrected chi connectivity index (χ0v) is 19.5. The Morgan fingerprint density at radius 2 is 1.03 bits per heavy atom. The second-order valence-electron chi connectivity index (χ2n) is 7.11. The molecule has 1 aromatic rings. The zero-order valence-electron chi connectivity index (χ0n) is 19.5. The molecule has 0 saturated carbocycles. The number of ether oxygens (including phenoxy) is 1. The summed E-state index contributed by atoms with van der Waals surface area (Å²) in [6, 6.07) is 7.60. The molecule has 1 rings (SSSR count). The lowest BCUT2D eigenvalue weighted by molar-refractivity contribution is 0.520. The normalized spacial score (nSPS) is 8.00. The largest absolute Gasteiger partial charge is 0.407 e. The van der Waals surface area contributed by atoms with Crippen molar-refractivity contribution in [2.45, 2.75) is 27.7 Å². The Morgan fingerprint density at radius 3 is 1.47 bits per heavy atom. The molecule has 1 nitrogen and oxygen atoms in total. The van der Waals surface area contributed by atoms with Crippen molar-refractivity contribution in [3.63, 3.8) is 0 Å². The van der Waals surface area contributed by atoms with E-state index in [1.54, 1.807) is 6.92 Å². The van der Waals surface area contributed by atoms with E-state index in [4.69, 9.17) is 4.74 Å². The first-order valence-corrected chi connectivity index (χ1v) is 10.1. The highest BCUT2D eigenvalue weighted by molar-refractivity contribution is 5.52. The van der Waals surface area contributed by atoms with E-state index in [9.17, 15) is 0 Å². The van der Waals surface area contributed by atoms with E-state index >= 15 is 0 Å². The predicted octanol–water partition coefficient (Wildman–Crippen LogP) is 4.69. The quantitative estimate of drug-likeness (QED) is 0.498. The van der Waals surface area contributed by atoms with Gasteiger partial charge in [-0.3, -0.25) is 0 Å². The third kappa shape index (κ3) is 16.3. The Labute approximate surface area is 204 Å². The van der Waals surface area contributed by atoms with Crippen LogP contribution in [-0.2, 0) is 0 Å². The van der Waals surface area contributed by atoms with Crippen LogP contribution in [-0.4, -0.2) is 0 Å². The second-order valence-corrected chi connectivity index (χ2v) is 7.11. The molecule has 0 radical (unpaired) electrons. The van der Waals surface area contributed by atoms with E-state index in [2.05, 4.69) is 134 Å². The van der Waals surface area contributed by atoms with E-state index in [0.717, 1.165) is 5.56 Å². The molecule has 0 bridgehead atoms. The van der Waals surface area contributed by atoms with Gasteiger partial charge in [0.1, 0.15) is 11.9 Å². The molecule has 0 atom stereocenters. The van der Waals surface area contributed by atoms with Crippen LogP contribution in [0.15, 0.2) is 42.5 Å². The molecule has 0 saturated heterocycles. The van der Waals surface area contributed by atoms with Crippen LogP contribution in [0.4, 0.5) is 0 Å². The third-order valence-corrected chi connectivity index (χ3v) is 3.16. The van der Waals surface area contributed by atoms with Crippen molar-refractivity contribution in [1.29, 1.82) is 0 Å². The van der Waals surface area contributed by atoms with Crippen molar-refractivity contribution < 1.29 is 4.74 Å². The first-order valence-electron chi connectivity index (χ1n) is 10.1. The summed E-state index contributed by atoms with van der Waals surface area (Å²) in [7, 11) is 0. The number of allylic oxidation sites excluding steroid dienone is 3. The molecule has 0 amide bonds. The summed E-state index contributed by atoms with van der Waals surface area (Å²) < 4.78 is 5.32. The van der Waals surface area contributed by atoms with Gasteiger partial charge in [-0.15, -0.1) is 0 Å². The fraction of sp³-hybridized carbons (Fsp3) is 0.152. The van der Waals surface area contributed by atoms with E-state index in [1.165, 1.54) is 0 Å². The molecule has 0 aliphatic carbocycles. The van der Waals surface area contributed by atoms with Gasteiger partial charge in [0.2, 0.25) is 0 Å². The SMILES string of the molecule is CC#CC#CC#CC#CC#CC#CC#CC#CC#COc1ccc(/C=C/C=C/C(C)(C)C)cc1. The second kappa shape index (κ2) is 17.2. The summed E-state index contributed by atoms with van der Waals surface area (Å²) in [6.45, 7) is 8.18. The smallest absolute Gasteiger partial charge is 0.140 e. The molecule has 158 valence electrons.